The summed E-state index contributed by atoms with van der Waals surface area (Å²) in [5.74, 6) is -0.00837. The van der Waals surface area contributed by atoms with Crippen LogP contribution in [0.15, 0.2) is 24.3 Å². The third-order valence-corrected chi connectivity index (χ3v) is 20.5. The Morgan fingerprint density at radius 3 is 0.763 bits per heavy atom. The second-order valence-electron chi connectivity index (χ2n) is 29.9. The number of aliphatic hydroxyl groups excluding tert-OH is 2. The average Bonchev–Trinajstić information content (AvgIpc) is 3.78. The Bertz CT molecular complexity index is 1460. The third kappa shape index (κ3) is 79.2. The van der Waals surface area contributed by atoms with E-state index in [4.69, 9.17) is 4.74 Å². The molecule has 0 rings (SSSR count). The number of ether oxygens (including phenoxy) is 1. The lowest BCUT2D eigenvalue weighted by molar-refractivity contribution is -0.143. The molecular formula is C87H169NO5. The summed E-state index contributed by atoms with van der Waals surface area (Å²) in [4.78, 5) is 24.7. The Morgan fingerprint density at radius 2 is 0.505 bits per heavy atom. The zero-order valence-corrected chi connectivity index (χ0v) is 63.5. The van der Waals surface area contributed by atoms with Crippen LogP contribution in [0.1, 0.15) is 495 Å². The van der Waals surface area contributed by atoms with Crippen molar-refractivity contribution in [3.63, 3.8) is 0 Å². The molecule has 0 bridgehead atoms. The zero-order chi connectivity index (χ0) is 67.0. The van der Waals surface area contributed by atoms with E-state index in [0.717, 1.165) is 44.9 Å². The first-order chi connectivity index (χ1) is 46.0. The lowest BCUT2D eigenvalue weighted by Gasteiger charge is -2.22. The lowest BCUT2D eigenvalue weighted by Crippen LogP contribution is -2.45. The van der Waals surface area contributed by atoms with Crippen LogP contribution in [0, 0.1) is 0 Å². The molecule has 0 radical (unpaired) electrons. The summed E-state index contributed by atoms with van der Waals surface area (Å²) in [5.41, 5.74) is 0. The van der Waals surface area contributed by atoms with Crippen LogP contribution in [0.3, 0.4) is 0 Å². The molecule has 0 fully saturated rings. The van der Waals surface area contributed by atoms with Gasteiger partial charge in [0, 0.05) is 12.8 Å². The van der Waals surface area contributed by atoms with Crippen molar-refractivity contribution in [2.45, 2.75) is 508 Å². The minimum absolute atomic E-state index is 0.0171. The van der Waals surface area contributed by atoms with Crippen molar-refractivity contribution in [3.8, 4) is 0 Å². The van der Waals surface area contributed by atoms with Crippen molar-refractivity contribution >= 4 is 11.9 Å². The molecule has 0 saturated heterocycles. The molecule has 3 N–H and O–H groups in total. The number of aliphatic hydroxyl groups is 2. The first kappa shape index (κ1) is 91.3. The molecule has 0 aromatic heterocycles. The van der Waals surface area contributed by atoms with Gasteiger partial charge in [0.15, 0.2) is 0 Å². The highest BCUT2D eigenvalue weighted by molar-refractivity contribution is 5.76. The molecule has 6 heteroatoms. The fraction of sp³-hybridized carbons (Fsp3) is 0.931. The number of rotatable bonds is 82. The molecule has 2 unspecified atom stereocenters. The lowest BCUT2D eigenvalue weighted by atomic mass is 10.0. The van der Waals surface area contributed by atoms with Crippen LogP contribution in [0.5, 0.6) is 0 Å². The predicted octanol–water partition coefficient (Wildman–Crippen LogP) is 28.8. The minimum atomic E-state index is -0.664. The highest BCUT2D eigenvalue weighted by Crippen LogP contribution is 2.21. The van der Waals surface area contributed by atoms with E-state index in [-0.39, 0.29) is 18.5 Å². The largest absolute Gasteiger partial charge is 0.466 e. The summed E-state index contributed by atoms with van der Waals surface area (Å²) >= 11 is 0. The molecule has 0 aromatic rings. The molecular weight excluding hydrogens is 1140 g/mol. The summed E-state index contributed by atoms with van der Waals surface area (Å²) in [6, 6.07) is -0.541. The van der Waals surface area contributed by atoms with Gasteiger partial charge < -0.3 is 20.3 Å². The first-order valence-electron chi connectivity index (χ1n) is 43.1. The van der Waals surface area contributed by atoms with E-state index in [1.807, 2.05) is 0 Å². The van der Waals surface area contributed by atoms with E-state index in [2.05, 4.69) is 43.5 Å². The van der Waals surface area contributed by atoms with Crippen LogP contribution >= 0.6 is 0 Å². The number of unbranched alkanes of at least 4 members (excludes halogenated alkanes) is 67. The smallest absolute Gasteiger partial charge is 0.305 e. The summed E-state index contributed by atoms with van der Waals surface area (Å²) in [6.45, 7) is 5.01. The molecule has 1 amide bonds. The number of nitrogens with one attached hydrogen (secondary N) is 1. The van der Waals surface area contributed by atoms with Gasteiger partial charge in [0.25, 0.3) is 0 Å². The standard InChI is InChI=1S/C87H169NO5/c1-3-5-7-9-11-13-15-17-19-21-23-24-25-35-38-41-44-47-51-55-59-63-67-71-75-79-85(90)84(83-89)88-86(91)80-76-72-68-64-60-56-52-48-45-42-39-36-33-31-29-27-26-28-30-32-34-37-40-43-46-50-54-58-62-66-70-74-78-82-93-87(92)81-77-73-69-65-61-57-53-49-22-20-18-16-14-12-10-8-6-4-2/h20,22,30,32,84-85,89-90H,3-19,21,23-29,31,33-83H2,1-2H3,(H,88,91)/b22-20-,32-30-. The third-order valence-electron chi connectivity index (χ3n) is 20.5. The molecule has 0 spiro atoms. The second kappa shape index (κ2) is 82.8. The Labute approximate surface area is 583 Å². The van der Waals surface area contributed by atoms with Gasteiger partial charge in [-0.2, -0.15) is 0 Å². The second-order valence-corrected chi connectivity index (χ2v) is 29.9. The van der Waals surface area contributed by atoms with Gasteiger partial charge in [-0.05, 0) is 77.0 Å². The molecule has 0 aliphatic carbocycles. The van der Waals surface area contributed by atoms with Gasteiger partial charge in [-0.25, -0.2) is 0 Å². The molecule has 0 saturated carbocycles. The number of esters is 1. The highest BCUT2D eigenvalue weighted by Gasteiger charge is 2.20. The maximum Gasteiger partial charge on any atom is 0.305 e. The molecule has 6 nitrogen and oxygen atoms in total. The Kier molecular flexibility index (Phi) is 81.3. The first-order valence-corrected chi connectivity index (χ1v) is 43.1. The van der Waals surface area contributed by atoms with E-state index in [1.54, 1.807) is 0 Å². The van der Waals surface area contributed by atoms with Gasteiger partial charge in [0.2, 0.25) is 5.91 Å². The number of carbonyl (C=O) groups excluding carboxylic acids is 2. The maximum atomic E-state index is 12.6. The van der Waals surface area contributed by atoms with E-state index in [1.165, 1.54) is 417 Å². The maximum absolute atomic E-state index is 12.6. The Morgan fingerprint density at radius 1 is 0.290 bits per heavy atom. The van der Waals surface area contributed by atoms with Gasteiger partial charge >= 0.3 is 5.97 Å². The fourth-order valence-electron chi connectivity index (χ4n) is 13.9. The van der Waals surface area contributed by atoms with Crippen LogP contribution in [0.2, 0.25) is 0 Å². The van der Waals surface area contributed by atoms with Gasteiger partial charge in [-0.1, -0.05) is 430 Å². The zero-order valence-electron chi connectivity index (χ0n) is 63.5. The van der Waals surface area contributed by atoms with E-state index in [9.17, 15) is 19.8 Å². The van der Waals surface area contributed by atoms with Crippen LogP contribution in [-0.2, 0) is 14.3 Å². The summed E-state index contributed by atoms with van der Waals surface area (Å²) < 4.78 is 5.51. The van der Waals surface area contributed by atoms with Crippen molar-refractivity contribution in [1.82, 2.24) is 5.32 Å². The van der Waals surface area contributed by atoms with Gasteiger partial charge in [0.1, 0.15) is 0 Å². The van der Waals surface area contributed by atoms with Crippen molar-refractivity contribution in [2.24, 2.45) is 0 Å². The van der Waals surface area contributed by atoms with Crippen LogP contribution < -0.4 is 5.32 Å². The van der Waals surface area contributed by atoms with E-state index in [0.29, 0.717) is 25.9 Å². The average molecular weight is 1310 g/mol. The van der Waals surface area contributed by atoms with Crippen LogP contribution in [0.25, 0.3) is 0 Å². The number of allylic oxidation sites excluding steroid dienone is 4. The normalized spacial score (nSPS) is 12.5. The molecule has 0 aliphatic rings. The van der Waals surface area contributed by atoms with Gasteiger partial charge in [-0.15, -0.1) is 0 Å². The summed E-state index contributed by atoms with van der Waals surface area (Å²) in [5, 5.41) is 23.5. The fourth-order valence-corrected chi connectivity index (χ4v) is 13.9. The topological polar surface area (TPSA) is 95.9 Å². The minimum Gasteiger partial charge on any atom is -0.466 e. The number of hydrogen-bond donors (Lipinski definition) is 3. The van der Waals surface area contributed by atoms with Gasteiger partial charge in [-0.3, -0.25) is 9.59 Å². The molecule has 0 aliphatic heterocycles. The Balaban J connectivity index is 3.34. The van der Waals surface area contributed by atoms with Crippen LogP contribution in [-0.4, -0.2) is 47.4 Å². The van der Waals surface area contributed by atoms with Crippen molar-refractivity contribution in [3.05, 3.63) is 24.3 Å². The van der Waals surface area contributed by atoms with Crippen molar-refractivity contribution in [2.75, 3.05) is 13.2 Å². The van der Waals surface area contributed by atoms with Gasteiger partial charge in [0.05, 0.1) is 25.4 Å². The number of hydrogen-bond acceptors (Lipinski definition) is 5. The highest BCUT2D eigenvalue weighted by atomic mass is 16.5. The molecule has 0 aromatic carbocycles. The Hall–Kier alpha value is -1.66. The van der Waals surface area contributed by atoms with Crippen LogP contribution in [0.4, 0.5) is 0 Å². The summed E-state index contributed by atoms with van der Waals surface area (Å²) in [7, 11) is 0. The number of amides is 1. The molecule has 0 heterocycles. The van der Waals surface area contributed by atoms with Crippen molar-refractivity contribution < 1.29 is 24.5 Å². The summed E-state index contributed by atoms with van der Waals surface area (Å²) in [6.07, 6.45) is 107. The number of carbonyl (C=O) groups is 2. The van der Waals surface area contributed by atoms with E-state index >= 15 is 0 Å². The van der Waals surface area contributed by atoms with E-state index < -0.39 is 12.1 Å². The quantitative estimate of drug-likeness (QED) is 0.0320. The molecule has 552 valence electrons. The molecule has 93 heavy (non-hydrogen) atoms. The van der Waals surface area contributed by atoms with Crippen molar-refractivity contribution in [1.29, 1.82) is 0 Å². The monoisotopic (exact) mass is 1310 g/mol. The molecule has 2 atom stereocenters. The SMILES string of the molecule is CCCCCCCCC/C=C\CCCCCCCCCC(=O)OCCCCCCCCCCCCCC/C=C\CCCCCCCCCCCCCCCCCCCC(=O)NC(CO)C(O)CCCCCCCCCCCCCCCCCCCCCCCCCCC. The predicted molar refractivity (Wildman–Crippen MR) is 412 cm³/mol.